The first-order valence-electron chi connectivity index (χ1n) is 5.38. The van der Waals surface area contributed by atoms with Gasteiger partial charge in [0.1, 0.15) is 5.60 Å². The molecule has 0 aliphatic heterocycles. The number of hydrogen-bond acceptors (Lipinski definition) is 3. The molecule has 3 nitrogen and oxygen atoms in total. The van der Waals surface area contributed by atoms with Gasteiger partial charge in [0.25, 0.3) is 0 Å². The molecule has 0 saturated heterocycles. The number of ether oxygens (including phenoxy) is 1. The van der Waals surface area contributed by atoms with Gasteiger partial charge in [-0.3, -0.25) is 4.79 Å². The fraction of sp³-hybridized carbons (Fsp3) is 0.909. The van der Waals surface area contributed by atoms with Crippen LogP contribution in [0.15, 0.2) is 0 Å². The minimum Gasteiger partial charge on any atom is -0.459 e. The summed E-state index contributed by atoms with van der Waals surface area (Å²) >= 11 is 0. The first kappa shape index (κ1) is 13.4. The third kappa shape index (κ3) is 9.52. The summed E-state index contributed by atoms with van der Waals surface area (Å²) in [6.45, 7) is 9.01. The first-order valence-corrected chi connectivity index (χ1v) is 5.38. The van der Waals surface area contributed by atoms with Gasteiger partial charge in [-0.15, -0.1) is 0 Å². The molecule has 84 valence electrons. The van der Waals surface area contributed by atoms with E-state index >= 15 is 0 Å². The number of unbranched alkanes of at least 4 members (excludes halogenated alkanes) is 2. The quantitative estimate of drug-likeness (QED) is 0.528. The van der Waals surface area contributed by atoms with E-state index in [1.807, 2.05) is 20.8 Å². The Balaban J connectivity index is 3.36. The molecule has 14 heavy (non-hydrogen) atoms. The Morgan fingerprint density at radius 3 is 2.43 bits per heavy atom. The van der Waals surface area contributed by atoms with Gasteiger partial charge in [-0.1, -0.05) is 19.8 Å². The monoisotopic (exact) mass is 201 g/mol. The van der Waals surface area contributed by atoms with Crippen molar-refractivity contribution in [3.63, 3.8) is 0 Å². The van der Waals surface area contributed by atoms with Gasteiger partial charge in [0.05, 0.1) is 6.54 Å². The van der Waals surface area contributed by atoms with Crippen molar-refractivity contribution in [2.24, 2.45) is 0 Å². The standard InChI is InChI=1S/C11H23NO2/c1-5-6-7-8-12-9-10(13)14-11(2,3)4/h12H,5-9H2,1-4H3. The summed E-state index contributed by atoms with van der Waals surface area (Å²) in [7, 11) is 0. The zero-order valence-electron chi connectivity index (χ0n) is 9.85. The number of nitrogens with one attached hydrogen (secondary N) is 1. The maximum atomic E-state index is 11.2. The van der Waals surface area contributed by atoms with E-state index in [1.54, 1.807) is 0 Å². The SMILES string of the molecule is CCCCCNCC(=O)OC(C)(C)C. The third-order valence-corrected chi connectivity index (χ3v) is 1.65. The van der Waals surface area contributed by atoms with E-state index in [0.717, 1.165) is 13.0 Å². The highest BCUT2D eigenvalue weighted by molar-refractivity contribution is 5.72. The van der Waals surface area contributed by atoms with Crippen LogP contribution in [0, 0.1) is 0 Å². The fourth-order valence-corrected chi connectivity index (χ4v) is 1.07. The lowest BCUT2D eigenvalue weighted by Gasteiger charge is -2.19. The van der Waals surface area contributed by atoms with Gasteiger partial charge < -0.3 is 10.1 Å². The van der Waals surface area contributed by atoms with E-state index in [0.29, 0.717) is 6.54 Å². The van der Waals surface area contributed by atoms with E-state index < -0.39 is 0 Å². The molecule has 0 aromatic heterocycles. The van der Waals surface area contributed by atoms with E-state index in [-0.39, 0.29) is 11.6 Å². The molecule has 0 aromatic carbocycles. The maximum absolute atomic E-state index is 11.2. The number of carbonyl (C=O) groups is 1. The summed E-state index contributed by atoms with van der Waals surface area (Å²) in [6, 6.07) is 0. The second-order valence-corrected chi connectivity index (χ2v) is 4.47. The number of carbonyl (C=O) groups excluding carboxylic acids is 1. The van der Waals surface area contributed by atoms with E-state index in [4.69, 9.17) is 4.74 Å². The maximum Gasteiger partial charge on any atom is 0.320 e. The lowest BCUT2D eigenvalue weighted by atomic mass is 10.2. The van der Waals surface area contributed by atoms with Crippen LogP contribution in [0.1, 0.15) is 47.0 Å². The molecular formula is C11H23NO2. The van der Waals surface area contributed by atoms with Gasteiger partial charge in [-0.25, -0.2) is 0 Å². The lowest BCUT2D eigenvalue weighted by Crippen LogP contribution is -2.31. The molecular weight excluding hydrogens is 178 g/mol. The Morgan fingerprint density at radius 2 is 1.93 bits per heavy atom. The molecule has 3 heteroatoms. The number of hydrogen-bond donors (Lipinski definition) is 1. The van der Waals surface area contributed by atoms with Crippen molar-refractivity contribution in [3.05, 3.63) is 0 Å². The number of esters is 1. The van der Waals surface area contributed by atoms with Crippen molar-refractivity contribution in [1.82, 2.24) is 5.32 Å². The zero-order valence-corrected chi connectivity index (χ0v) is 9.85. The average Bonchev–Trinajstić information content (AvgIpc) is 2.00. The summed E-state index contributed by atoms with van der Waals surface area (Å²) in [5, 5.41) is 3.07. The van der Waals surface area contributed by atoms with Crippen molar-refractivity contribution >= 4 is 5.97 Å². The van der Waals surface area contributed by atoms with Crippen LogP contribution in [-0.2, 0) is 9.53 Å². The molecule has 0 atom stereocenters. The molecule has 0 fully saturated rings. The second kappa shape index (κ2) is 6.82. The summed E-state index contributed by atoms with van der Waals surface area (Å²) in [6.07, 6.45) is 3.54. The molecule has 0 unspecified atom stereocenters. The van der Waals surface area contributed by atoms with Crippen LogP contribution in [0.25, 0.3) is 0 Å². The smallest absolute Gasteiger partial charge is 0.320 e. The Kier molecular flexibility index (Phi) is 6.54. The molecule has 0 aliphatic rings. The van der Waals surface area contributed by atoms with Crippen LogP contribution in [0.2, 0.25) is 0 Å². The largest absolute Gasteiger partial charge is 0.459 e. The molecule has 0 spiro atoms. The van der Waals surface area contributed by atoms with Crippen molar-refractivity contribution in [3.8, 4) is 0 Å². The number of rotatable bonds is 6. The van der Waals surface area contributed by atoms with E-state index in [2.05, 4.69) is 12.2 Å². The molecule has 0 saturated carbocycles. The molecule has 0 amide bonds. The van der Waals surface area contributed by atoms with Crippen LogP contribution in [0.3, 0.4) is 0 Å². The Morgan fingerprint density at radius 1 is 1.29 bits per heavy atom. The van der Waals surface area contributed by atoms with Gasteiger partial charge in [0, 0.05) is 0 Å². The van der Waals surface area contributed by atoms with Gasteiger partial charge in [0.2, 0.25) is 0 Å². The Bertz CT molecular complexity index is 161. The summed E-state index contributed by atoms with van der Waals surface area (Å²) in [5.41, 5.74) is -0.373. The summed E-state index contributed by atoms with van der Waals surface area (Å²) < 4.78 is 5.14. The minimum atomic E-state index is -0.373. The third-order valence-electron chi connectivity index (χ3n) is 1.65. The molecule has 0 bridgehead atoms. The highest BCUT2D eigenvalue weighted by Gasteiger charge is 2.15. The van der Waals surface area contributed by atoms with Crippen LogP contribution in [-0.4, -0.2) is 24.7 Å². The average molecular weight is 201 g/mol. The van der Waals surface area contributed by atoms with Gasteiger partial charge in [0.15, 0.2) is 0 Å². The summed E-state index contributed by atoms with van der Waals surface area (Å²) in [5.74, 6) is -0.172. The highest BCUT2D eigenvalue weighted by Crippen LogP contribution is 2.06. The van der Waals surface area contributed by atoms with E-state index in [1.165, 1.54) is 12.8 Å². The normalized spacial score (nSPS) is 11.4. The van der Waals surface area contributed by atoms with Crippen LogP contribution < -0.4 is 5.32 Å². The van der Waals surface area contributed by atoms with Crippen molar-refractivity contribution < 1.29 is 9.53 Å². The van der Waals surface area contributed by atoms with Gasteiger partial charge in [-0.2, -0.15) is 0 Å². The van der Waals surface area contributed by atoms with Gasteiger partial charge >= 0.3 is 5.97 Å². The molecule has 0 aromatic rings. The zero-order chi connectivity index (χ0) is 11.0. The Hall–Kier alpha value is -0.570. The van der Waals surface area contributed by atoms with Crippen molar-refractivity contribution in [2.75, 3.05) is 13.1 Å². The molecule has 0 aliphatic carbocycles. The minimum absolute atomic E-state index is 0.172. The fourth-order valence-electron chi connectivity index (χ4n) is 1.07. The van der Waals surface area contributed by atoms with Crippen LogP contribution in [0.4, 0.5) is 0 Å². The topological polar surface area (TPSA) is 38.3 Å². The summed E-state index contributed by atoms with van der Waals surface area (Å²) in [4.78, 5) is 11.2. The van der Waals surface area contributed by atoms with Crippen LogP contribution >= 0.6 is 0 Å². The van der Waals surface area contributed by atoms with Crippen molar-refractivity contribution in [1.29, 1.82) is 0 Å². The Labute approximate surface area is 87.2 Å². The highest BCUT2D eigenvalue weighted by atomic mass is 16.6. The lowest BCUT2D eigenvalue weighted by molar-refractivity contribution is -0.153. The van der Waals surface area contributed by atoms with Crippen molar-refractivity contribution in [2.45, 2.75) is 52.6 Å². The molecule has 0 rings (SSSR count). The predicted molar refractivity (Wildman–Crippen MR) is 58.2 cm³/mol. The second-order valence-electron chi connectivity index (χ2n) is 4.47. The van der Waals surface area contributed by atoms with Gasteiger partial charge in [-0.05, 0) is 33.7 Å². The first-order chi connectivity index (χ1) is 6.45. The van der Waals surface area contributed by atoms with Crippen LogP contribution in [0.5, 0.6) is 0 Å². The predicted octanol–water partition coefficient (Wildman–Crippen LogP) is 2.11. The molecule has 1 N–H and O–H groups in total. The molecule has 0 heterocycles. The molecule has 0 radical (unpaired) electrons. The van der Waals surface area contributed by atoms with E-state index in [9.17, 15) is 4.79 Å².